The van der Waals surface area contributed by atoms with E-state index in [0.29, 0.717) is 11.1 Å². The van der Waals surface area contributed by atoms with Gasteiger partial charge in [0.15, 0.2) is 0 Å². The molecule has 2 heterocycles. The predicted molar refractivity (Wildman–Crippen MR) is 218 cm³/mol. The molecule has 0 aliphatic carbocycles. The Kier molecular flexibility index (Phi) is 7.13. The minimum Gasteiger partial charge on any atom is -0.465 e. The Morgan fingerprint density at radius 1 is 0.389 bits per heavy atom. The molecule has 8 aromatic carbocycles. The summed E-state index contributed by atoms with van der Waals surface area (Å²) in [5.41, 5.74) is 9.22. The number of para-hydroxylation sites is 4. The van der Waals surface area contributed by atoms with Crippen LogP contribution in [0.1, 0.15) is 20.7 Å². The zero-order valence-corrected chi connectivity index (χ0v) is 29.5. The van der Waals surface area contributed by atoms with Crippen LogP contribution in [-0.2, 0) is 9.47 Å². The van der Waals surface area contributed by atoms with Crippen molar-refractivity contribution in [2.45, 2.75) is 0 Å². The summed E-state index contributed by atoms with van der Waals surface area (Å²) >= 11 is 0. The lowest BCUT2D eigenvalue weighted by Gasteiger charge is -2.22. The van der Waals surface area contributed by atoms with Crippen molar-refractivity contribution in [3.63, 3.8) is 0 Å². The molecule has 0 saturated carbocycles. The Morgan fingerprint density at radius 2 is 0.722 bits per heavy atom. The lowest BCUT2D eigenvalue weighted by atomic mass is 9.89. The number of methoxy groups -OCH3 is 2. The summed E-state index contributed by atoms with van der Waals surface area (Å²) < 4.78 is 15.0. The summed E-state index contributed by atoms with van der Waals surface area (Å²) in [5.74, 6) is -0.784. The molecule has 258 valence electrons. The van der Waals surface area contributed by atoms with E-state index in [-0.39, 0.29) is 0 Å². The molecule has 6 nitrogen and oxygen atoms in total. The first-order valence-corrected chi connectivity index (χ1v) is 17.8. The molecule has 6 heteroatoms. The average molecular weight is 701 g/mol. The van der Waals surface area contributed by atoms with E-state index in [0.717, 1.165) is 87.7 Å². The van der Waals surface area contributed by atoms with E-state index in [4.69, 9.17) is 9.47 Å². The number of carbonyl (C=O) groups is 2. The molecule has 0 radical (unpaired) electrons. The molecule has 0 atom stereocenters. The zero-order chi connectivity index (χ0) is 36.5. The predicted octanol–water partition coefficient (Wildman–Crippen LogP) is 11.4. The van der Waals surface area contributed by atoms with Crippen molar-refractivity contribution >= 4 is 77.1 Å². The monoisotopic (exact) mass is 700 g/mol. The lowest BCUT2D eigenvalue weighted by Crippen LogP contribution is -2.05. The fourth-order valence-electron chi connectivity index (χ4n) is 8.39. The Morgan fingerprint density at radius 3 is 1.06 bits per heavy atom. The second kappa shape index (κ2) is 12.2. The summed E-state index contributed by atoms with van der Waals surface area (Å²) in [6.07, 6.45) is 0. The number of benzene rings is 8. The summed E-state index contributed by atoms with van der Waals surface area (Å²) in [7, 11) is 2.81. The lowest BCUT2D eigenvalue weighted by molar-refractivity contribution is 0.0592. The van der Waals surface area contributed by atoms with E-state index in [2.05, 4.69) is 130 Å². The molecule has 0 fully saturated rings. The molecule has 10 aromatic rings. The highest BCUT2D eigenvalue weighted by molar-refractivity contribution is 6.17. The standard InChI is InChI=1S/C48H32N2O4/c1-53-47(51)31-19-23-33-29(27-31)21-25-43(49-39-15-7-3-11-35(39)36-12-4-8-16-40(36)49)45(33)46-34-24-20-32(48(52)54-2)28-30(34)22-26-44(46)50-41-17-9-5-13-37(41)38-14-6-10-18-42(38)50/h3-28H,1-2H3. The van der Waals surface area contributed by atoms with Gasteiger partial charge in [-0.15, -0.1) is 0 Å². The molecule has 0 bridgehead atoms. The van der Waals surface area contributed by atoms with Crippen LogP contribution in [0.2, 0.25) is 0 Å². The first-order valence-electron chi connectivity index (χ1n) is 17.8. The summed E-state index contributed by atoms with van der Waals surface area (Å²) in [5, 5.41) is 8.35. The van der Waals surface area contributed by atoms with Gasteiger partial charge in [0, 0.05) is 32.7 Å². The van der Waals surface area contributed by atoms with E-state index >= 15 is 0 Å². The van der Waals surface area contributed by atoms with E-state index in [1.165, 1.54) is 14.2 Å². The van der Waals surface area contributed by atoms with E-state index < -0.39 is 11.9 Å². The number of hydrogen-bond donors (Lipinski definition) is 0. The fourth-order valence-corrected chi connectivity index (χ4v) is 8.39. The topological polar surface area (TPSA) is 62.5 Å². The molecule has 0 aliphatic heterocycles. The van der Waals surface area contributed by atoms with Gasteiger partial charge in [0.25, 0.3) is 0 Å². The van der Waals surface area contributed by atoms with Crippen LogP contribution in [0, 0.1) is 0 Å². The minimum absolute atomic E-state index is 0.392. The third-order valence-electron chi connectivity index (χ3n) is 10.7. The van der Waals surface area contributed by atoms with Gasteiger partial charge in [0.1, 0.15) is 0 Å². The van der Waals surface area contributed by atoms with Crippen LogP contribution in [0.25, 0.3) is 87.7 Å². The normalized spacial score (nSPS) is 11.7. The molecular formula is C48H32N2O4. The summed E-state index contributed by atoms with van der Waals surface area (Å²) in [4.78, 5) is 25.7. The van der Waals surface area contributed by atoms with Crippen LogP contribution in [0.4, 0.5) is 0 Å². The van der Waals surface area contributed by atoms with Crippen molar-refractivity contribution in [1.82, 2.24) is 9.13 Å². The van der Waals surface area contributed by atoms with Crippen LogP contribution in [0.3, 0.4) is 0 Å². The number of nitrogens with zero attached hydrogens (tertiary/aromatic N) is 2. The van der Waals surface area contributed by atoms with Crippen molar-refractivity contribution in [1.29, 1.82) is 0 Å². The number of hydrogen-bond acceptors (Lipinski definition) is 4. The Balaban J connectivity index is 1.43. The molecule has 10 rings (SSSR count). The van der Waals surface area contributed by atoms with Crippen molar-refractivity contribution in [2.24, 2.45) is 0 Å². The smallest absolute Gasteiger partial charge is 0.337 e. The summed E-state index contributed by atoms with van der Waals surface area (Å²) in [6, 6.07) is 54.1. The second-order valence-corrected chi connectivity index (χ2v) is 13.5. The van der Waals surface area contributed by atoms with Gasteiger partial charge in [-0.1, -0.05) is 97.1 Å². The van der Waals surface area contributed by atoms with Crippen molar-refractivity contribution in [3.8, 4) is 22.5 Å². The van der Waals surface area contributed by atoms with Gasteiger partial charge in [-0.2, -0.15) is 0 Å². The first kappa shape index (κ1) is 31.5. The highest BCUT2D eigenvalue weighted by atomic mass is 16.5. The van der Waals surface area contributed by atoms with Crippen molar-refractivity contribution < 1.29 is 19.1 Å². The van der Waals surface area contributed by atoms with Gasteiger partial charge in [-0.25, -0.2) is 9.59 Å². The van der Waals surface area contributed by atoms with E-state index in [9.17, 15) is 9.59 Å². The number of esters is 2. The second-order valence-electron chi connectivity index (χ2n) is 13.5. The third-order valence-corrected chi connectivity index (χ3v) is 10.7. The van der Waals surface area contributed by atoms with Crippen molar-refractivity contribution in [3.05, 3.63) is 169 Å². The maximum atomic E-state index is 12.8. The van der Waals surface area contributed by atoms with E-state index in [1.807, 2.05) is 36.4 Å². The minimum atomic E-state index is -0.392. The number of ether oxygens (including phenoxy) is 2. The molecule has 0 unspecified atom stereocenters. The van der Waals surface area contributed by atoms with Crippen LogP contribution in [-0.4, -0.2) is 35.3 Å². The maximum absolute atomic E-state index is 12.8. The van der Waals surface area contributed by atoms with Gasteiger partial charge in [-0.3, -0.25) is 0 Å². The molecule has 54 heavy (non-hydrogen) atoms. The molecule has 2 aromatic heterocycles. The first-order chi connectivity index (χ1) is 26.6. The van der Waals surface area contributed by atoms with Gasteiger partial charge >= 0.3 is 11.9 Å². The molecule has 0 saturated heterocycles. The third kappa shape index (κ3) is 4.60. The number of fused-ring (bicyclic) bond motifs is 8. The summed E-state index contributed by atoms with van der Waals surface area (Å²) in [6.45, 7) is 0. The van der Waals surface area contributed by atoms with Crippen LogP contribution >= 0.6 is 0 Å². The van der Waals surface area contributed by atoms with Gasteiger partial charge < -0.3 is 18.6 Å². The van der Waals surface area contributed by atoms with E-state index in [1.54, 1.807) is 0 Å². The molecular weight excluding hydrogens is 669 g/mol. The van der Waals surface area contributed by atoms with Gasteiger partial charge in [0.05, 0.1) is 58.8 Å². The molecule has 0 spiro atoms. The van der Waals surface area contributed by atoms with Gasteiger partial charge in [0.2, 0.25) is 0 Å². The molecule has 0 amide bonds. The Hall–Kier alpha value is -7.18. The SMILES string of the molecule is COC(=O)c1ccc2c(-c3c(-n4c5ccccc5c5ccccc54)ccc4cc(C(=O)OC)ccc34)c(-n3c4ccccc4c4ccccc43)ccc2c1. The average Bonchev–Trinajstić information content (AvgIpc) is 3.75. The van der Waals surface area contributed by atoms with Crippen LogP contribution in [0.15, 0.2) is 158 Å². The number of carbonyl (C=O) groups excluding carboxylic acids is 2. The Labute approximate surface area is 310 Å². The molecule has 0 N–H and O–H groups in total. The largest absolute Gasteiger partial charge is 0.465 e. The Bertz CT molecular complexity index is 2860. The van der Waals surface area contributed by atoms with Gasteiger partial charge in [-0.05, 0) is 82.2 Å². The quantitative estimate of drug-likeness (QED) is 0.168. The highest BCUT2D eigenvalue weighted by Gasteiger charge is 2.25. The highest BCUT2D eigenvalue weighted by Crippen LogP contribution is 2.46. The van der Waals surface area contributed by atoms with Crippen molar-refractivity contribution in [2.75, 3.05) is 14.2 Å². The van der Waals surface area contributed by atoms with Crippen LogP contribution in [0.5, 0.6) is 0 Å². The van der Waals surface area contributed by atoms with Crippen LogP contribution < -0.4 is 0 Å². The maximum Gasteiger partial charge on any atom is 0.337 e. The molecule has 0 aliphatic rings. The fraction of sp³-hybridized carbons (Fsp3) is 0.0417. The number of aromatic nitrogens is 2. The zero-order valence-electron chi connectivity index (χ0n) is 29.5. The number of rotatable bonds is 5.